The Kier molecular flexibility index (Phi) is 6.50. The fourth-order valence-electron chi connectivity index (χ4n) is 4.50. The second-order valence-corrected chi connectivity index (χ2v) is 8.72. The van der Waals surface area contributed by atoms with E-state index >= 15 is 0 Å². The quantitative estimate of drug-likeness (QED) is 0.548. The van der Waals surface area contributed by atoms with Gasteiger partial charge in [-0.3, -0.25) is 9.59 Å². The van der Waals surface area contributed by atoms with Crippen molar-refractivity contribution in [3.63, 3.8) is 0 Å². The Balaban J connectivity index is 1.77. The molecule has 5 heteroatoms. The van der Waals surface area contributed by atoms with Crippen LogP contribution in [0.2, 0.25) is 0 Å². The zero-order valence-electron chi connectivity index (χ0n) is 19.6. The third-order valence-corrected chi connectivity index (χ3v) is 6.48. The molecule has 1 N–H and O–H groups in total. The standard InChI is InChI=1S/C28H30N2O3/c1-18-9-13-22(14-10-18)30-26(31)16-15-24(27(30)23-7-5-6-8-25(23)33-4)28(32)29-21-12-11-19(2)20(3)17-21/h5-14,17,24,27H,15-16H2,1-4H3,(H,29,32)/t24-,27-/m1/s1. The molecule has 4 rings (SSSR count). The number of hydrogen-bond acceptors (Lipinski definition) is 3. The molecule has 1 aliphatic rings. The Hall–Kier alpha value is -3.60. The van der Waals surface area contributed by atoms with Crippen molar-refractivity contribution in [2.75, 3.05) is 17.3 Å². The maximum atomic E-state index is 13.6. The molecule has 33 heavy (non-hydrogen) atoms. The van der Waals surface area contributed by atoms with Crippen LogP contribution in [0.1, 0.15) is 41.1 Å². The second kappa shape index (κ2) is 9.49. The summed E-state index contributed by atoms with van der Waals surface area (Å²) in [6, 6.07) is 20.9. The Morgan fingerprint density at radius 2 is 1.70 bits per heavy atom. The Morgan fingerprint density at radius 1 is 0.970 bits per heavy atom. The molecule has 0 unspecified atom stereocenters. The Labute approximate surface area is 195 Å². The number of hydrogen-bond donors (Lipinski definition) is 1. The van der Waals surface area contributed by atoms with Crippen LogP contribution in [0.5, 0.6) is 5.75 Å². The van der Waals surface area contributed by atoms with E-state index < -0.39 is 12.0 Å². The normalized spacial score (nSPS) is 18.2. The molecule has 0 saturated carbocycles. The lowest BCUT2D eigenvalue weighted by atomic mass is 9.82. The first-order valence-electron chi connectivity index (χ1n) is 11.3. The summed E-state index contributed by atoms with van der Waals surface area (Å²) < 4.78 is 5.64. The van der Waals surface area contributed by atoms with Crippen LogP contribution in [0, 0.1) is 26.7 Å². The number of anilines is 2. The number of nitrogens with one attached hydrogen (secondary N) is 1. The second-order valence-electron chi connectivity index (χ2n) is 8.72. The van der Waals surface area contributed by atoms with Gasteiger partial charge in [0.25, 0.3) is 0 Å². The molecular formula is C28H30N2O3. The van der Waals surface area contributed by atoms with E-state index in [9.17, 15) is 9.59 Å². The summed E-state index contributed by atoms with van der Waals surface area (Å²) in [7, 11) is 1.61. The van der Waals surface area contributed by atoms with E-state index in [4.69, 9.17) is 4.74 Å². The highest BCUT2D eigenvalue weighted by Gasteiger charge is 2.42. The van der Waals surface area contributed by atoms with E-state index in [0.29, 0.717) is 18.6 Å². The minimum Gasteiger partial charge on any atom is -0.496 e. The maximum Gasteiger partial charge on any atom is 0.229 e. The van der Waals surface area contributed by atoms with Crippen LogP contribution in [0.15, 0.2) is 66.7 Å². The summed E-state index contributed by atoms with van der Waals surface area (Å²) in [5, 5.41) is 3.10. The number of amides is 2. The van der Waals surface area contributed by atoms with Gasteiger partial charge in [0, 0.05) is 23.4 Å². The van der Waals surface area contributed by atoms with Crippen molar-refractivity contribution in [2.45, 2.75) is 39.7 Å². The number of piperidine rings is 1. The van der Waals surface area contributed by atoms with Gasteiger partial charge >= 0.3 is 0 Å². The fraction of sp³-hybridized carbons (Fsp3) is 0.286. The lowest BCUT2D eigenvalue weighted by molar-refractivity contribution is -0.125. The number of benzene rings is 3. The SMILES string of the molecule is COc1ccccc1[C@@H]1[C@H](C(=O)Nc2ccc(C)c(C)c2)CCC(=O)N1c1ccc(C)cc1. The molecule has 0 aliphatic carbocycles. The van der Waals surface area contributed by atoms with Crippen LogP contribution in [0.4, 0.5) is 11.4 Å². The molecule has 2 amide bonds. The van der Waals surface area contributed by atoms with Crippen molar-refractivity contribution in [3.8, 4) is 5.75 Å². The number of para-hydroxylation sites is 1. The van der Waals surface area contributed by atoms with Crippen molar-refractivity contribution in [3.05, 3.63) is 89.0 Å². The predicted molar refractivity (Wildman–Crippen MR) is 132 cm³/mol. The van der Waals surface area contributed by atoms with Crippen LogP contribution >= 0.6 is 0 Å². The lowest BCUT2D eigenvalue weighted by Gasteiger charge is -2.41. The van der Waals surface area contributed by atoms with Gasteiger partial charge in [-0.05, 0) is 68.7 Å². The Bertz CT molecular complexity index is 1170. The molecule has 1 saturated heterocycles. The van der Waals surface area contributed by atoms with E-state index in [1.165, 1.54) is 5.56 Å². The van der Waals surface area contributed by atoms with Gasteiger partial charge in [-0.15, -0.1) is 0 Å². The third-order valence-electron chi connectivity index (χ3n) is 6.48. The first-order chi connectivity index (χ1) is 15.9. The third kappa shape index (κ3) is 4.63. The first-order valence-corrected chi connectivity index (χ1v) is 11.3. The summed E-state index contributed by atoms with van der Waals surface area (Å²) in [5.41, 5.74) is 5.78. The van der Waals surface area contributed by atoms with Crippen LogP contribution in [0.3, 0.4) is 0 Å². The summed E-state index contributed by atoms with van der Waals surface area (Å²) >= 11 is 0. The molecule has 0 aromatic heterocycles. The topological polar surface area (TPSA) is 58.6 Å². The first kappa shape index (κ1) is 22.6. The number of aryl methyl sites for hydroxylation is 3. The number of ether oxygens (including phenoxy) is 1. The molecule has 170 valence electrons. The number of carbonyl (C=O) groups excluding carboxylic acids is 2. The van der Waals surface area contributed by atoms with Crippen LogP contribution in [-0.4, -0.2) is 18.9 Å². The molecule has 0 bridgehead atoms. The number of methoxy groups -OCH3 is 1. The van der Waals surface area contributed by atoms with Gasteiger partial charge in [0.2, 0.25) is 11.8 Å². The van der Waals surface area contributed by atoms with Crippen molar-refractivity contribution < 1.29 is 14.3 Å². The minimum atomic E-state index is -0.475. The molecule has 0 spiro atoms. The average molecular weight is 443 g/mol. The van der Waals surface area contributed by atoms with Gasteiger partial charge < -0.3 is 15.0 Å². The minimum absolute atomic E-state index is 0.00462. The number of carbonyl (C=O) groups is 2. The van der Waals surface area contributed by atoms with Crippen LogP contribution in [0.25, 0.3) is 0 Å². The fourth-order valence-corrected chi connectivity index (χ4v) is 4.50. The molecule has 3 aromatic carbocycles. The monoisotopic (exact) mass is 442 g/mol. The van der Waals surface area contributed by atoms with Crippen LogP contribution in [-0.2, 0) is 9.59 Å². The number of rotatable bonds is 5. The highest BCUT2D eigenvalue weighted by Crippen LogP contribution is 2.43. The van der Waals surface area contributed by atoms with Gasteiger partial charge in [0.15, 0.2) is 0 Å². The molecule has 2 atom stereocenters. The van der Waals surface area contributed by atoms with Gasteiger partial charge in [0.1, 0.15) is 5.75 Å². The zero-order valence-corrected chi connectivity index (χ0v) is 19.6. The van der Waals surface area contributed by atoms with E-state index in [2.05, 4.69) is 5.32 Å². The molecule has 1 heterocycles. The van der Waals surface area contributed by atoms with Crippen molar-refractivity contribution in [1.29, 1.82) is 0 Å². The summed E-state index contributed by atoms with van der Waals surface area (Å²) in [5.74, 6) is 0.143. The van der Waals surface area contributed by atoms with Crippen molar-refractivity contribution >= 4 is 23.2 Å². The van der Waals surface area contributed by atoms with Gasteiger partial charge in [0.05, 0.1) is 19.1 Å². The Morgan fingerprint density at radius 3 is 2.39 bits per heavy atom. The molecule has 1 aliphatic heterocycles. The predicted octanol–water partition coefficient (Wildman–Crippen LogP) is 5.74. The molecule has 3 aromatic rings. The lowest BCUT2D eigenvalue weighted by Crippen LogP contribution is -2.47. The zero-order chi connectivity index (χ0) is 23.5. The van der Waals surface area contributed by atoms with Crippen molar-refractivity contribution in [1.82, 2.24) is 0 Å². The number of nitrogens with zero attached hydrogens (tertiary/aromatic N) is 1. The summed E-state index contributed by atoms with van der Waals surface area (Å²) in [6.45, 7) is 6.09. The van der Waals surface area contributed by atoms with Gasteiger partial charge in [-0.2, -0.15) is 0 Å². The highest BCUT2D eigenvalue weighted by atomic mass is 16.5. The van der Waals surface area contributed by atoms with Gasteiger partial charge in [-0.1, -0.05) is 42.0 Å². The van der Waals surface area contributed by atoms with Crippen molar-refractivity contribution in [2.24, 2.45) is 5.92 Å². The molecule has 0 radical (unpaired) electrons. The smallest absolute Gasteiger partial charge is 0.229 e. The highest BCUT2D eigenvalue weighted by molar-refractivity contribution is 6.00. The van der Waals surface area contributed by atoms with E-state index in [1.807, 2.05) is 87.5 Å². The van der Waals surface area contributed by atoms with E-state index in [-0.39, 0.29) is 11.8 Å². The van der Waals surface area contributed by atoms with E-state index in [0.717, 1.165) is 28.1 Å². The van der Waals surface area contributed by atoms with E-state index in [1.54, 1.807) is 12.0 Å². The van der Waals surface area contributed by atoms with Crippen LogP contribution < -0.4 is 15.0 Å². The van der Waals surface area contributed by atoms with Gasteiger partial charge in [-0.25, -0.2) is 0 Å². The maximum absolute atomic E-state index is 13.6. The molecule has 5 nitrogen and oxygen atoms in total. The summed E-state index contributed by atoms with van der Waals surface area (Å²) in [6.07, 6.45) is 0.783. The summed E-state index contributed by atoms with van der Waals surface area (Å²) in [4.78, 5) is 28.6. The largest absolute Gasteiger partial charge is 0.496 e. The average Bonchev–Trinajstić information content (AvgIpc) is 2.82. The molecular weight excluding hydrogens is 412 g/mol. The molecule has 1 fully saturated rings.